The van der Waals surface area contributed by atoms with Gasteiger partial charge in [-0.3, -0.25) is 4.79 Å². The van der Waals surface area contributed by atoms with Gasteiger partial charge < -0.3 is 4.98 Å². The van der Waals surface area contributed by atoms with Crippen molar-refractivity contribution in [1.29, 1.82) is 0 Å². The van der Waals surface area contributed by atoms with Crippen LogP contribution in [0.2, 0.25) is 0 Å². The lowest BCUT2D eigenvalue weighted by Crippen LogP contribution is -2.16. The second-order valence-corrected chi connectivity index (χ2v) is 7.23. The van der Waals surface area contributed by atoms with E-state index in [2.05, 4.69) is 51.4 Å². The molecule has 23 heavy (non-hydrogen) atoms. The minimum atomic E-state index is 0.0845. The first kappa shape index (κ1) is 14.7. The first-order valence-electron chi connectivity index (χ1n) is 8.10. The molecule has 3 aromatic rings. The van der Waals surface area contributed by atoms with Gasteiger partial charge >= 0.3 is 0 Å². The fourth-order valence-corrected chi connectivity index (χ4v) is 4.02. The van der Waals surface area contributed by atoms with Crippen LogP contribution in [0.3, 0.4) is 0 Å². The number of nitrogens with one attached hydrogen (secondary N) is 1. The summed E-state index contributed by atoms with van der Waals surface area (Å²) in [5.74, 6) is 0.394. The molecule has 1 N–H and O–H groups in total. The van der Waals surface area contributed by atoms with E-state index in [0.717, 1.165) is 41.2 Å². The Bertz CT molecular complexity index is 880. The lowest BCUT2D eigenvalue weighted by molar-refractivity contribution is 0.0915. The first-order chi connectivity index (χ1) is 11.2. The molecular weight excluding hydrogens is 350 g/mol. The van der Waals surface area contributed by atoms with Gasteiger partial charge in [0.05, 0.1) is 0 Å². The maximum Gasteiger partial charge on any atom is 0.166 e. The fourth-order valence-electron chi connectivity index (χ4n) is 3.66. The largest absolute Gasteiger partial charge is 0.361 e. The number of H-pyrrole nitrogens is 1. The van der Waals surface area contributed by atoms with Crippen LogP contribution in [0.25, 0.3) is 10.9 Å². The zero-order chi connectivity index (χ0) is 15.8. The molecule has 1 aliphatic carbocycles. The molecule has 1 aliphatic rings. The van der Waals surface area contributed by atoms with Crippen LogP contribution in [0.4, 0.5) is 0 Å². The van der Waals surface area contributed by atoms with Gasteiger partial charge in [0.25, 0.3) is 0 Å². The molecule has 1 heterocycles. The van der Waals surface area contributed by atoms with Gasteiger partial charge in [0.15, 0.2) is 5.78 Å². The SMILES string of the molecule is O=C1c2ccccc2CCC[C@@H]1Cc1c[nH]c2cc(Br)ccc12. The highest BCUT2D eigenvalue weighted by Gasteiger charge is 2.26. The minimum absolute atomic E-state index is 0.0845. The lowest BCUT2D eigenvalue weighted by atomic mass is 9.89. The summed E-state index contributed by atoms with van der Waals surface area (Å²) >= 11 is 3.50. The quantitative estimate of drug-likeness (QED) is 0.611. The third-order valence-corrected chi connectivity index (χ3v) is 5.34. The van der Waals surface area contributed by atoms with Gasteiger partial charge in [-0.05, 0) is 48.9 Å². The number of carbonyl (C=O) groups excluding carboxylic acids is 1. The number of aryl methyl sites for hydroxylation is 1. The van der Waals surface area contributed by atoms with Crippen molar-refractivity contribution in [3.05, 3.63) is 69.8 Å². The second kappa shape index (κ2) is 5.97. The summed E-state index contributed by atoms with van der Waals surface area (Å²) in [6, 6.07) is 14.4. The molecule has 2 nitrogen and oxygen atoms in total. The van der Waals surface area contributed by atoms with Crippen molar-refractivity contribution < 1.29 is 4.79 Å². The van der Waals surface area contributed by atoms with E-state index >= 15 is 0 Å². The molecule has 4 rings (SSSR count). The van der Waals surface area contributed by atoms with E-state index in [0.29, 0.717) is 5.78 Å². The number of carbonyl (C=O) groups is 1. The van der Waals surface area contributed by atoms with Crippen molar-refractivity contribution in [2.75, 3.05) is 0 Å². The Morgan fingerprint density at radius 1 is 1.17 bits per heavy atom. The van der Waals surface area contributed by atoms with Gasteiger partial charge in [0.1, 0.15) is 0 Å². The Labute approximate surface area is 144 Å². The molecule has 2 aromatic carbocycles. The standard InChI is InChI=1S/C20H18BrNO/c21-16-8-9-17-15(12-22-19(17)11-16)10-14-6-3-5-13-4-1-2-7-18(13)20(14)23/h1-2,4,7-9,11-12,14,22H,3,5-6,10H2/t14-/m1/s1. The van der Waals surface area contributed by atoms with Crippen LogP contribution < -0.4 is 0 Å². The van der Waals surface area contributed by atoms with E-state index in [1.54, 1.807) is 0 Å². The van der Waals surface area contributed by atoms with Crippen molar-refractivity contribution in [2.45, 2.75) is 25.7 Å². The Morgan fingerprint density at radius 2 is 2.04 bits per heavy atom. The number of ketones is 1. The van der Waals surface area contributed by atoms with Gasteiger partial charge in [-0.25, -0.2) is 0 Å². The van der Waals surface area contributed by atoms with E-state index in [9.17, 15) is 4.79 Å². The number of benzene rings is 2. The molecule has 0 spiro atoms. The maximum absolute atomic E-state index is 12.9. The van der Waals surface area contributed by atoms with Crippen LogP contribution >= 0.6 is 15.9 Å². The molecule has 116 valence electrons. The van der Waals surface area contributed by atoms with E-state index in [-0.39, 0.29) is 5.92 Å². The molecule has 1 atom stereocenters. The van der Waals surface area contributed by atoms with Gasteiger partial charge in [-0.1, -0.05) is 46.3 Å². The van der Waals surface area contributed by atoms with Gasteiger partial charge in [0.2, 0.25) is 0 Å². The summed E-state index contributed by atoms with van der Waals surface area (Å²) in [6.45, 7) is 0. The molecular formula is C20H18BrNO. The summed E-state index contributed by atoms with van der Waals surface area (Å²) < 4.78 is 1.07. The number of aromatic amines is 1. The number of halogens is 1. The smallest absolute Gasteiger partial charge is 0.166 e. The van der Waals surface area contributed by atoms with Crippen LogP contribution in [0.5, 0.6) is 0 Å². The molecule has 0 radical (unpaired) electrons. The lowest BCUT2D eigenvalue weighted by Gasteiger charge is -2.13. The highest BCUT2D eigenvalue weighted by atomic mass is 79.9. The average molecular weight is 368 g/mol. The number of rotatable bonds is 2. The summed E-state index contributed by atoms with van der Waals surface area (Å²) in [4.78, 5) is 16.3. The Morgan fingerprint density at radius 3 is 2.96 bits per heavy atom. The molecule has 3 heteroatoms. The predicted octanol–water partition coefficient (Wildman–Crippen LogP) is 5.31. The molecule has 0 bridgehead atoms. The predicted molar refractivity (Wildman–Crippen MR) is 96.9 cm³/mol. The maximum atomic E-state index is 12.9. The molecule has 0 saturated heterocycles. The van der Waals surface area contributed by atoms with Crippen molar-refractivity contribution >= 4 is 32.6 Å². The fraction of sp³-hybridized carbons (Fsp3) is 0.250. The van der Waals surface area contributed by atoms with Crippen molar-refractivity contribution in [3.63, 3.8) is 0 Å². The van der Waals surface area contributed by atoms with E-state index < -0.39 is 0 Å². The minimum Gasteiger partial charge on any atom is -0.361 e. The van der Waals surface area contributed by atoms with E-state index in [1.165, 1.54) is 16.5 Å². The van der Waals surface area contributed by atoms with Crippen LogP contribution in [0.1, 0.15) is 34.3 Å². The monoisotopic (exact) mass is 367 g/mol. The third-order valence-electron chi connectivity index (χ3n) is 4.85. The second-order valence-electron chi connectivity index (χ2n) is 6.32. The van der Waals surface area contributed by atoms with Crippen LogP contribution in [0.15, 0.2) is 53.1 Å². The highest BCUT2D eigenvalue weighted by molar-refractivity contribution is 9.10. The number of fused-ring (bicyclic) bond motifs is 2. The van der Waals surface area contributed by atoms with Crippen molar-refractivity contribution in [2.24, 2.45) is 5.92 Å². The summed E-state index contributed by atoms with van der Waals surface area (Å²) in [5.41, 5.74) is 4.50. The summed E-state index contributed by atoms with van der Waals surface area (Å²) in [7, 11) is 0. The van der Waals surface area contributed by atoms with Crippen molar-refractivity contribution in [1.82, 2.24) is 4.98 Å². The topological polar surface area (TPSA) is 32.9 Å². The summed E-state index contributed by atoms with van der Waals surface area (Å²) in [5, 5.41) is 1.22. The molecule has 0 saturated carbocycles. The molecule has 1 aromatic heterocycles. The molecule has 0 amide bonds. The Kier molecular flexibility index (Phi) is 3.82. The number of aromatic nitrogens is 1. The van der Waals surface area contributed by atoms with Crippen molar-refractivity contribution in [3.8, 4) is 0 Å². The Balaban J connectivity index is 1.66. The van der Waals surface area contributed by atoms with Gasteiger partial charge in [0, 0.05) is 33.1 Å². The van der Waals surface area contributed by atoms with E-state index in [4.69, 9.17) is 0 Å². The van der Waals surface area contributed by atoms with Gasteiger partial charge in [-0.15, -0.1) is 0 Å². The molecule has 0 unspecified atom stereocenters. The zero-order valence-corrected chi connectivity index (χ0v) is 14.4. The number of hydrogen-bond donors (Lipinski definition) is 1. The van der Waals surface area contributed by atoms with E-state index in [1.807, 2.05) is 18.2 Å². The number of hydrogen-bond acceptors (Lipinski definition) is 1. The molecule has 0 fully saturated rings. The number of Topliss-reactive ketones (excluding diaryl/α,β-unsaturated/α-hetero) is 1. The average Bonchev–Trinajstić information content (AvgIpc) is 2.88. The normalized spacial score (nSPS) is 18.0. The highest BCUT2D eigenvalue weighted by Crippen LogP contribution is 2.30. The third kappa shape index (κ3) is 2.74. The van der Waals surface area contributed by atoms with Crippen LogP contribution in [-0.2, 0) is 12.8 Å². The van der Waals surface area contributed by atoms with Gasteiger partial charge in [-0.2, -0.15) is 0 Å². The van der Waals surface area contributed by atoms with Crippen LogP contribution in [-0.4, -0.2) is 10.8 Å². The molecule has 0 aliphatic heterocycles. The van der Waals surface area contributed by atoms with Crippen LogP contribution in [0, 0.1) is 5.92 Å². The zero-order valence-electron chi connectivity index (χ0n) is 12.8. The summed E-state index contributed by atoms with van der Waals surface area (Å²) in [6.07, 6.45) is 5.94. The Hall–Kier alpha value is -1.87. The first-order valence-corrected chi connectivity index (χ1v) is 8.89.